The summed E-state index contributed by atoms with van der Waals surface area (Å²) in [6.45, 7) is 4.77. The van der Waals surface area contributed by atoms with Crippen molar-refractivity contribution < 1.29 is 14.0 Å². The smallest absolute Gasteiger partial charge is 0.277 e. The van der Waals surface area contributed by atoms with Gasteiger partial charge in [-0.3, -0.25) is 9.59 Å². The number of hydrogen-bond acceptors (Lipinski definition) is 6. The molecule has 0 N–H and O–H groups in total. The standard InChI is InChI=1S/C18H26N4O3S/c1-13-19-20-17(25-13)26-11-15(23)22-9-7-18(12-22)6-3-8-21(16(18)24)10-14-4-2-5-14/h14H,2-12H2,1H3/t18-/m1/s1. The van der Waals surface area contributed by atoms with Crippen molar-refractivity contribution in [1.29, 1.82) is 0 Å². The molecule has 1 aromatic heterocycles. The fourth-order valence-corrected chi connectivity index (χ4v) is 5.04. The lowest BCUT2D eigenvalue weighted by Gasteiger charge is -2.42. The maximum atomic E-state index is 13.1. The molecule has 1 aliphatic carbocycles. The second kappa shape index (κ2) is 7.21. The van der Waals surface area contributed by atoms with Gasteiger partial charge in [-0.1, -0.05) is 18.2 Å². The van der Waals surface area contributed by atoms with E-state index in [2.05, 4.69) is 15.1 Å². The number of piperidine rings is 1. The van der Waals surface area contributed by atoms with Crippen molar-refractivity contribution >= 4 is 23.6 Å². The third-order valence-corrected chi connectivity index (χ3v) is 6.86. The minimum atomic E-state index is -0.344. The number of aromatic nitrogens is 2. The maximum Gasteiger partial charge on any atom is 0.277 e. The third kappa shape index (κ3) is 3.48. The van der Waals surface area contributed by atoms with Gasteiger partial charge in [0.1, 0.15) is 0 Å². The van der Waals surface area contributed by atoms with Crippen LogP contribution in [0.25, 0.3) is 0 Å². The average molecular weight is 378 g/mol. The van der Waals surface area contributed by atoms with E-state index in [9.17, 15) is 9.59 Å². The van der Waals surface area contributed by atoms with Crippen molar-refractivity contribution in [3.63, 3.8) is 0 Å². The molecule has 3 fully saturated rings. The van der Waals surface area contributed by atoms with E-state index in [1.807, 2.05) is 4.90 Å². The predicted octanol–water partition coefficient (Wildman–Crippen LogP) is 2.11. The van der Waals surface area contributed by atoms with E-state index in [1.165, 1.54) is 31.0 Å². The lowest BCUT2D eigenvalue weighted by molar-refractivity contribution is -0.147. The number of carbonyl (C=O) groups is 2. The van der Waals surface area contributed by atoms with E-state index >= 15 is 0 Å². The summed E-state index contributed by atoms with van der Waals surface area (Å²) >= 11 is 1.26. The molecular weight excluding hydrogens is 352 g/mol. The Hall–Kier alpha value is -1.57. The first-order valence-electron chi connectivity index (χ1n) is 9.56. The Kier molecular flexibility index (Phi) is 4.94. The summed E-state index contributed by atoms with van der Waals surface area (Å²) in [6.07, 6.45) is 6.57. The molecule has 1 atom stereocenters. The van der Waals surface area contributed by atoms with Crippen LogP contribution in [0.15, 0.2) is 9.64 Å². The zero-order chi connectivity index (χ0) is 18.1. The number of carbonyl (C=O) groups excluding carboxylic acids is 2. The van der Waals surface area contributed by atoms with E-state index in [0.717, 1.165) is 32.4 Å². The van der Waals surface area contributed by atoms with Crippen molar-refractivity contribution in [2.75, 3.05) is 31.9 Å². The van der Waals surface area contributed by atoms with Gasteiger partial charge in [0.25, 0.3) is 5.22 Å². The molecule has 0 aromatic carbocycles. The Morgan fingerprint density at radius 3 is 2.81 bits per heavy atom. The molecule has 3 heterocycles. The second-order valence-electron chi connectivity index (χ2n) is 7.87. The fourth-order valence-electron chi connectivity index (χ4n) is 4.33. The Morgan fingerprint density at radius 1 is 1.27 bits per heavy atom. The van der Waals surface area contributed by atoms with Crippen molar-refractivity contribution in [3.8, 4) is 0 Å². The molecule has 1 aromatic rings. The molecule has 142 valence electrons. The van der Waals surface area contributed by atoms with Crippen LogP contribution in [0.3, 0.4) is 0 Å². The van der Waals surface area contributed by atoms with Crippen LogP contribution in [0.1, 0.15) is 44.4 Å². The van der Waals surface area contributed by atoms with Crippen LogP contribution in [0.5, 0.6) is 0 Å². The highest BCUT2D eigenvalue weighted by Gasteiger charge is 2.49. The van der Waals surface area contributed by atoms with Gasteiger partial charge in [0.05, 0.1) is 11.2 Å². The molecule has 8 heteroatoms. The molecule has 7 nitrogen and oxygen atoms in total. The lowest BCUT2D eigenvalue weighted by atomic mass is 9.77. The van der Waals surface area contributed by atoms with Crippen LogP contribution in [0.4, 0.5) is 0 Å². The molecule has 0 radical (unpaired) electrons. The summed E-state index contributed by atoms with van der Waals surface area (Å²) in [6, 6.07) is 0. The minimum Gasteiger partial charge on any atom is -0.416 e. The zero-order valence-electron chi connectivity index (χ0n) is 15.3. The van der Waals surface area contributed by atoms with Gasteiger partial charge in [0.15, 0.2) is 0 Å². The van der Waals surface area contributed by atoms with E-state index < -0.39 is 0 Å². The Bertz CT molecular complexity index is 690. The van der Waals surface area contributed by atoms with Crippen molar-refractivity contribution in [1.82, 2.24) is 20.0 Å². The van der Waals surface area contributed by atoms with E-state index in [-0.39, 0.29) is 23.0 Å². The quantitative estimate of drug-likeness (QED) is 0.730. The molecule has 26 heavy (non-hydrogen) atoms. The van der Waals surface area contributed by atoms with Gasteiger partial charge >= 0.3 is 0 Å². The van der Waals surface area contributed by atoms with Crippen LogP contribution in [-0.4, -0.2) is 63.7 Å². The summed E-state index contributed by atoms with van der Waals surface area (Å²) < 4.78 is 5.30. The molecular formula is C18H26N4O3S. The number of rotatable bonds is 5. The summed E-state index contributed by atoms with van der Waals surface area (Å²) in [4.78, 5) is 29.6. The van der Waals surface area contributed by atoms with Crippen molar-refractivity contribution in [3.05, 3.63) is 5.89 Å². The van der Waals surface area contributed by atoms with Crippen molar-refractivity contribution in [2.45, 2.75) is 50.7 Å². The zero-order valence-corrected chi connectivity index (χ0v) is 16.1. The Balaban J connectivity index is 1.33. The SMILES string of the molecule is Cc1nnc(SCC(=O)N2CC[C@]3(CCCN(CC4CCC4)C3=O)C2)o1. The topological polar surface area (TPSA) is 79.5 Å². The number of aryl methyl sites for hydroxylation is 1. The summed E-state index contributed by atoms with van der Waals surface area (Å²) in [5.74, 6) is 1.80. The van der Waals surface area contributed by atoms with Crippen LogP contribution >= 0.6 is 11.8 Å². The van der Waals surface area contributed by atoms with E-state index in [0.29, 0.717) is 30.1 Å². The second-order valence-corrected chi connectivity index (χ2v) is 8.80. The van der Waals surface area contributed by atoms with Gasteiger partial charge in [-0.25, -0.2) is 0 Å². The van der Waals surface area contributed by atoms with Gasteiger partial charge in [0, 0.05) is 33.1 Å². The van der Waals surface area contributed by atoms with E-state index in [1.54, 1.807) is 6.92 Å². The third-order valence-electron chi connectivity index (χ3n) is 6.06. The fraction of sp³-hybridized carbons (Fsp3) is 0.778. The van der Waals surface area contributed by atoms with Gasteiger partial charge in [-0.15, -0.1) is 10.2 Å². The first-order valence-corrected chi connectivity index (χ1v) is 10.5. The molecule has 3 aliphatic rings. The minimum absolute atomic E-state index is 0.0478. The van der Waals surface area contributed by atoms with Gasteiger partial charge in [-0.05, 0) is 38.0 Å². The summed E-state index contributed by atoms with van der Waals surface area (Å²) in [5, 5.41) is 8.10. The molecule has 4 rings (SSSR count). The highest BCUT2D eigenvalue weighted by molar-refractivity contribution is 7.99. The lowest BCUT2D eigenvalue weighted by Crippen LogP contribution is -2.52. The first kappa shape index (κ1) is 17.8. The largest absolute Gasteiger partial charge is 0.416 e. The first-order chi connectivity index (χ1) is 12.6. The number of likely N-dealkylation sites (tertiary alicyclic amines) is 2. The monoisotopic (exact) mass is 378 g/mol. The molecule has 1 saturated carbocycles. The molecule has 2 aliphatic heterocycles. The van der Waals surface area contributed by atoms with E-state index in [4.69, 9.17) is 4.42 Å². The molecule has 2 saturated heterocycles. The number of amides is 2. The number of nitrogens with zero attached hydrogens (tertiary/aromatic N) is 4. The molecule has 1 spiro atoms. The Labute approximate surface area is 157 Å². The predicted molar refractivity (Wildman–Crippen MR) is 96.5 cm³/mol. The highest BCUT2D eigenvalue weighted by Crippen LogP contribution is 2.41. The van der Waals surface area contributed by atoms with Gasteiger partial charge in [0.2, 0.25) is 17.7 Å². The maximum absolute atomic E-state index is 13.1. The van der Waals surface area contributed by atoms with Gasteiger partial charge in [-0.2, -0.15) is 0 Å². The number of hydrogen-bond donors (Lipinski definition) is 0. The van der Waals surface area contributed by atoms with Crippen molar-refractivity contribution in [2.24, 2.45) is 11.3 Å². The van der Waals surface area contributed by atoms with Crippen LogP contribution < -0.4 is 0 Å². The summed E-state index contributed by atoms with van der Waals surface area (Å²) in [7, 11) is 0. The Morgan fingerprint density at radius 2 is 2.12 bits per heavy atom. The molecule has 0 unspecified atom stereocenters. The van der Waals surface area contributed by atoms with Crippen LogP contribution in [0, 0.1) is 18.3 Å². The van der Waals surface area contributed by atoms with Crippen LogP contribution in [0.2, 0.25) is 0 Å². The van der Waals surface area contributed by atoms with Gasteiger partial charge < -0.3 is 14.2 Å². The summed E-state index contributed by atoms with van der Waals surface area (Å²) in [5.41, 5.74) is -0.344. The van der Waals surface area contributed by atoms with Crippen LogP contribution in [-0.2, 0) is 9.59 Å². The normalized spacial score (nSPS) is 26.6. The average Bonchev–Trinajstić information content (AvgIpc) is 3.20. The molecule has 2 amide bonds. The number of thioether (sulfide) groups is 1. The highest BCUT2D eigenvalue weighted by atomic mass is 32.2. The molecule has 0 bridgehead atoms.